The van der Waals surface area contributed by atoms with Crippen molar-refractivity contribution in [3.05, 3.63) is 48.6 Å². The van der Waals surface area contributed by atoms with Crippen molar-refractivity contribution in [3.8, 4) is 0 Å². The van der Waals surface area contributed by atoms with Crippen LogP contribution in [-0.4, -0.2) is 99.6 Å². The Morgan fingerprint density at radius 1 is 0.615 bits per heavy atom. The second kappa shape index (κ2) is 42.9. The Balaban J connectivity index is 2.81. The van der Waals surface area contributed by atoms with Crippen molar-refractivity contribution in [2.24, 2.45) is 0 Å². The Bertz CT molecular complexity index is 1240. The smallest absolute Gasteiger partial charge is 0.306 e. The number of amides is 1. The van der Waals surface area contributed by atoms with Gasteiger partial charge in [-0.05, 0) is 44.9 Å². The first-order chi connectivity index (χ1) is 31.7. The van der Waals surface area contributed by atoms with Gasteiger partial charge >= 0.3 is 5.97 Å². The quantitative estimate of drug-likeness (QED) is 0.0149. The molecule has 0 radical (unpaired) electrons. The number of esters is 1. The van der Waals surface area contributed by atoms with Gasteiger partial charge in [0.2, 0.25) is 5.91 Å². The molecule has 1 saturated heterocycles. The van der Waals surface area contributed by atoms with E-state index in [1.54, 1.807) is 6.08 Å². The summed E-state index contributed by atoms with van der Waals surface area (Å²) in [4.78, 5) is 26.3. The second-order valence-electron chi connectivity index (χ2n) is 18.3. The van der Waals surface area contributed by atoms with Gasteiger partial charge in [0, 0.05) is 6.42 Å². The van der Waals surface area contributed by atoms with E-state index in [0.717, 1.165) is 70.6 Å². The van der Waals surface area contributed by atoms with Gasteiger partial charge in [0.25, 0.3) is 0 Å². The fourth-order valence-electron chi connectivity index (χ4n) is 8.06. The molecule has 1 amide bonds. The minimum atomic E-state index is -1.61. The molecule has 8 atom stereocenters. The molecule has 1 aliphatic rings. The van der Waals surface area contributed by atoms with E-state index < -0.39 is 67.4 Å². The predicted octanol–water partition coefficient (Wildman–Crippen LogP) is 10.9. The summed E-state index contributed by atoms with van der Waals surface area (Å²) >= 11 is 0. The summed E-state index contributed by atoms with van der Waals surface area (Å²) in [7, 11) is 0. The zero-order chi connectivity index (χ0) is 47.6. The van der Waals surface area contributed by atoms with Crippen molar-refractivity contribution in [1.29, 1.82) is 0 Å². The normalized spacial score (nSPS) is 20.6. The highest BCUT2D eigenvalue weighted by Gasteiger charge is 2.47. The van der Waals surface area contributed by atoms with Gasteiger partial charge in [-0.25, -0.2) is 0 Å². The van der Waals surface area contributed by atoms with E-state index in [2.05, 4.69) is 38.2 Å². The maximum absolute atomic E-state index is 13.3. The zero-order valence-corrected chi connectivity index (χ0v) is 41.3. The Morgan fingerprint density at radius 2 is 1.11 bits per heavy atom. The van der Waals surface area contributed by atoms with E-state index >= 15 is 0 Å². The fourth-order valence-corrected chi connectivity index (χ4v) is 8.06. The van der Waals surface area contributed by atoms with Gasteiger partial charge in [0.05, 0.1) is 25.4 Å². The zero-order valence-electron chi connectivity index (χ0n) is 41.3. The molecule has 65 heavy (non-hydrogen) atoms. The molecule has 0 aliphatic carbocycles. The van der Waals surface area contributed by atoms with E-state index in [1.165, 1.54) is 103 Å². The molecule has 1 aliphatic heterocycles. The van der Waals surface area contributed by atoms with Crippen LogP contribution in [0.1, 0.15) is 220 Å². The molecule has 0 bridgehead atoms. The highest BCUT2D eigenvalue weighted by molar-refractivity contribution is 5.80. The molecule has 0 aromatic heterocycles. The first kappa shape index (κ1) is 60.6. The van der Waals surface area contributed by atoms with E-state index in [9.17, 15) is 35.1 Å². The number of carbonyl (C=O) groups excluding carboxylic acids is 2. The standard InChI is InChI=1S/C54H97NO10/c1-4-7-10-13-16-19-22-24-27-28-31-34-37-40-46(57)45(55-53(62)47(58)41-38-35-32-29-26-23-20-17-14-11-8-5-2)44-63-54-52(51(61)50(60)48(43-56)64-54)65-49(59)42-39-36-33-30-25-21-18-15-12-9-6-3/h8,11,14,17,20,23,37,40,45-48,50-52,54,56-58,60-61H,4-7,9-10,12-13,15-16,18-19,21-22,24-36,38-39,41-44H2,1-3H3,(H,55,62)/b11-8+,17-14+,23-20-,40-37+. The highest BCUT2D eigenvalue weighted by atomic mass is 16.7. The van der Waals surface area contributed by atoms with E-state index in [0.29, 0.717) is 12.8 Å². The topological polar surface area (TPSA) is 175 Å². The summed E-state index contributed by atoms with van der Waals surface area (Å²) in [6.07, 6.45) is 38.8. The highest BCUT2D eigenvalue weighted by Crippen LogP contribution is 2.26. The van der Waals surface area contributed by atoms with Crippen LogP contribution in [0.5, 0.6) is 0 Å². The van der Waals surface area contributed by atoms with Gasteiger partial charge < -0.3 is 45.1 Å². The van der Waals surface area contributed by atoms with Gasteiger partial charge in [-0.1, -0.05) is 217 Å². The maximum atomic E-state index is 13.3. The molecular weight excluding hydrogens is 823 g/mol. The number of carbonyl (C=O) groups is 2. The first-order valence-electron chi connectivity index (χ1n) is 26.4. The van der Waals surface area contributed by atoms with Crippen LogP contribution < -0.4 is 5.32 Å². The SMILES string of the molecule is CC/C=C/C=C/C=C\CCCCCCC(O)C(=O)NC(COC1OC(CO)C(O)C(O)C1OC(=O)CCCCCCCCCCCCC)C(O)/C=C/CCCCCCCCCCCCC. The summed E-state index contributed by atoms with van der Waals surface area (Å²) in [6, 6.07) is -1.03. The van der Waals surface area contributed by atoms with Crippen LogP contribution in [0.2, 0.25) is 0 Å². The van der Waals surface area contributed by atoms with Crippen molar-refractivity contribution < 1.29 is 49.3 Å². The predicted molar refractivity (Wildman–Crippen MR) is 264 cm³/mol. The Kier molecular flexibility index (Phi) is 40.1. The molecule has 0 spiro atoms. The summed E-state index contributed by atoms with van der Waals surface area (Å²) in [5.41, 5.74) is 0. The number of hydrogen-bond acceptors (Lipinski definition) is 10. The number of unbranched alkanes of at least 4 members (excludes halogenated alkanes) is 25. The van der Waals surface area contributed by atoms with Crippen molar-refractivity contribution in [3.63, 3.8) is 0 Å². The monoisotopic (exact) mass is 920 g/mol. The molecule has 0 saturated carbocycles. The molecular formula is C54H97NO10. The number of aliphatic hydroxyl groups excluding tert-OH is 5. The number of ether oxygens (including phenoxy) is 3. The van der Waals surface area contributed by atoms with Gasteiger partial charge in [-0.2, -0.15) is 0 Å². The van der Waals surface area contributed by atoms with Gasteiger partial charge in [-0.15, -0.1) is 0 Å². The van der Waals surface area contributed by atoms with E-state index in [4.69, 9.17) is 14.2 Å². The van der Waals surface area contributed by atoms with Gasteiger partial charge in [-0.3, -0.25) is 9.59 Å². The van der Waals surface area contributed by atoms with Crippen LogP contribution in [0.3, 0.4) is 0 Å². The molecule has 8 unspecified atom stereocenters. The number of allylic oxidation sites excluding steroid dienone is 7. The van der Waals surface area contributed by atoms with Crippen molar-refractivity contribution in [2.75, 3.05) is 13.2 Å². The Morgan fingerprint density at radius 3 is 1.65 bits per heavy atom. The maximum Gasteiger partial charge on any atom is 0.306 e. The van der Waals surface area contributed by atoms with Crippen molar-refractivity contribution in [2.45, 2.75) is 269 Å². The molecule has 11 heteroatoms. The number of rotatable bonds is 43. The molecule has 6 N–H and O–H groups in total. The van der Waals surface area contributed by atoms with E-state index in [1.807, 2.05) is 30.4 Å². The lowest BCUT2D eigenvalue weighted by Crippen LogP contribution is -2.61. The van der Waals surface area contributed by atoms with Crippen LogP contribution in [0, 0.1) is 0 Å². The molecule has 0 aromatic rings. The first-order valence-corrected chi connectivity index (χ1v) is 26.4. The van der Waals surface area contributed by atoms with Gasteiger partial charge in [0.15, 0.2) is 12.4 Å². The minimum absolute atomic E-state index is 0.123. The van der Waals surface area contributed by atoms with Crippen LogP contribution >= 0.6 is 0 Å². The summed E-state index contributed by atoms with van der Waals surface area (Å²) in [5.74, 6) is -1.22. The lowest BCUT2D eigenvalue weighted by molar-refractivity contribution is -0.305. The van der Waals surface area contributed by atoms with Crippen molar-refractivity contribution >= 4 is 11.9 Å². The summed E-state index contributed by atoms with van der Waals surface area (Å²) in [6.45, 7) is 5.60. The Hall–Kier alpha value is -2.38. The molecule has 1 heterocycles. The number of hydrogen-bond donors (Lipinski definition) is 6. The molecule has 11 nitrogen and oxygen atoms in total. The molecule has 1 fully saturated rings. The van der Waals surface area contributed by atoms with Crippen LogP contribution in [0.4, 0.5) is 0 Å². The number of aliphatic hydroxyl groups is 5. The third-order valence-electron chi connectivity index (χ3n) is 12.3. The lowest BCUT2D eigenvalue weighted by atomic mass is 9.99. The van der Waals surface area contributed by atoms with Crippen molar-refractivity contribution in [1.82, 2.24) is 5.32 Å². The second-order valence-corrected chi connectivity index (χ2v) is 18.3. The van der Waals surface area contributed by atoms with Gasteiger partial charge in [0.1, 0.15) is 24.4 Å². The molecule has 378 valence electrons. The fraction of sp³-hybridized carbons (Fsp3) is 0.815. The number of nitrogens with one attached hydrogen (secondary N) is 1. The molecule has 1 rings (SSSR count). The lowest BCUT2D eigenvalue weighted by Gasteiger charge is -2.41. The van der Waals surface area contributed by atoms with Crippen LogP contribution in [-0.2, 0) is 23.8 Å². The summed E-state index contributed by atoms with van der Waals surface area (Å²) in [5, 5.41) is 56.5. The third kappa shape index (κ3) is 32.1. The third-order valence-corrected chi connectivity index (χ3v) is 12.3. The van der Waals surface area contributed by atoms with Crippen LogP contribution in [0.25, 0.3) is 0 Å². The minimum Gasteiger partial charge on any atom is -0.454 e. The Labute approximate surface area is 396 Å². The van der Waals surface area contributed by atoms with E-state index in [-0.39, 0.29) is 19.4 Å². The van der Waals surface area contributed by atoms with Crippen LogP contribution in [0.15, 0.2) is 48.6 Å². The average Bonchev–Trinajstić information content (AvgIpc) is 3.30. The summed E-state index contributed by atoms with van der Waals surface area (Å²) < 4.78 is 17.5. The average molecular weight is 920 g/mol. The largest absolute Gasteiger partial charge is 0.454 e. The molecule has 0 aromatic carbocycles.